The number of benzene rings is 3. The minimum atomic E-state index is -0.296. The molecule has 0 unspecified atom stereocenters. The van der Waals surface area contributed by atoms with Crippen molar-refractivity contribution in [2.45, 2.75) is 47.1 Å². The standard InChI is InChI=1S/C28H24ClN5O3.C8H10.C5H11N/c1-3-7-27(35)34-24-13-21-23(14-26(24)36-4-2)32-16-18(15-30)28(21)33-19-9-10-25(22(29)12-19)37-17-20-8-5-6-11-31-20;1-7-3-5-8(2)6-4-7;1-6-4-2-3-5-6/h3,5-14,16H,4,17H2,1-2H3,(H,32,33)(H,34,35);3-6H,1-2H3;2-5H2,1H3/b7-3+;;. The van der Waals surface area contributed by atoms with Gasteiger partial charge in [-0.05, 0) is 103 Å². The fourth-order valence-electron chi connectivity index (χ4n) is 5.13. The molecule has 264 valence electrons. The van der Waals surface area contributed by atoms with Crippen LogP contribution in [-0.2, 0) is 11.4 Å². The van der Waals surface area contributed by atoms with Gasteiger partial charge in [0.1, 0.15) is 24.2 Å². The van der Waals surface area contributed by atoms with Gasteiger partial charge < -0.3 is 25.0 Å². The van der Waals surface area contributed by atoms with Crippen LogP contribution in [0.5, 0.6) is 11.5 Å². The number of amides is 1. The molecule has 0 radical (unpaired) electrons. The molecule has 10 heteroatoms. The Hall–Kier alpha value is -5.43. The third kappa shape index (κ3) is 11.8. The minimum absolute atomic E-state index is 0.283. The number of nitriles is 1. The average molecular weight is 705 g/mol. The molecule has 6 rings (SSSR count). The summed E-state index contributed by atoms with van der Waals surface area (Å²) in [6.45, 7) is 11.1. The van der Waals surface area contributed by atoms with E-state index in [9.17, 15) is 10.1 Å². The quantitative estimate of drug-likeness (QED) is 0.146. The average Bonchev–Trinajstić information content (AvgIpc) is 3.61. The number of rotatable bonds is 9. The number of hydrogen-bond acceptors (Lipinski definition) is 8. The van der Waals surface area contributed by atoms with Gasteiger partial charge in [-0.3, -0.25) is 14.8 Å². The van der Waals surface area contributed by atoms with E-state index in [4.69, 9.17) is 21.1 Å². The van der Waals surface area contributed by atoms with Gasteiger partial charge in [0.2, 0.25) is 5.91 Å². The summed E-state index contributed by atoms with van der Waals surface area (Å²) < 4.78 is 11.5. The summed E-state index contributed by atoms with van der Waals surface area (Å²) in [7, 11) is 2.17. The number of halogens is 1. The Morgan fingerprint density at radius 2 is 1.71 bits per heavy atom. The highest BCUT2D eigenvalue weighted by Gasteiger charge is 2.16. The van der Waals surface area contributed by atoms with E-state index in [1.807, 2.05) is 25.1 Å². The van der Waals surface area contributed by atoms with Gasteiger partial charge in [-0.15, -0.1) is 0 Å². The normalized spacial score (nSPS) is 12.3. The number of allylic oxidation sites excluding steroid dienone is 1. The van der Waals surface area contributed by atoms with Crippen LogP contribution in [0.25, 0.3) is 10.9 Å². The number of nitrogens with zero attached hydrogens (tertiary/aromatic N) is 4. The third-order valence-corrected chi connectivity index (χ3v) is 8.11. The maximum absolute atomic E-state index is 12.2. The summed E-state index contributed by atoms with van der Waals surface area (Å²) in [6, 6.07) is 25.0. The number of likely N-dealkylation sites (tertiary alicyclic amines) is 1. The van der Waals surface area contributed by atoms with Crippen molar-refractivity contribution in [1.29, 1.82) is 5.26 Å². The highest BCUT2D eigenvalue weighted by atomic mass is 35.5. The van der Waals surface area contributed by atoms with Gasteiger partial charge in [0.25, 0.3) is 0 Å². The number of hydrogen-bond donors (Lipinski definition) is 2. The monoisotopic (exact) mass is 704 g/mol. The van der Waals surface area contributed by atoms with Crippen LogP contribution in [0.4, 0.5) is 17.1 Å². The van der Waals surface area contributed by atoms with Crippen molar-refractivity contribution in [3.05, 3.63) is 125 Å². The first-order valence-electron chi connectivity index (χ1n) is 16.9. The zero-order valence-electron chi connectivity index (χ0n) is 29.9. The Bertz CT molecular complexity index is 1930. The predicted octanol–water partition coefficient (Wildman–Crippen LogP) is 9.41. The summed E-state index contributed by atoms with van der Waals surface area (Å²) in [5, 5.41) is 16.9. The van der Waals surface area contributed by atoms with E-state index in [0.29, 0.717) is 56.7 Å². The van der Waals surface area contributed by atoms with E-state index < -0.39 is 0 Å². The molecule has 1 amide bonds. The number of aryl methyl sites for hydroxylation is 2. The zero-order valence-corrected chi connectivity index (χ0v) is 30.6. The van der Waals surface area contributed by atoms with Gasteiger partial charge in [-0.2, -0.15) is 5.26 Å². The first-order valence-corrected chi connectivity index (χ1v) is 17.3. The largest absolute Gasteiger partial charge is 0.492 e. The van der Waals surface area contributed by atoms with Crippen molar-refractivity contribution in [3.8, 4) is 17.6 Å². The second-order valence-corrected chi connectivity index (χ2v) is 12.4. The summed E-state index contributed by atoms with van der Waals surface area (Å²) >= 11 is 6.49. The summed E-state index contributed by atoms with van der Waals surface area (Å²) in [5.74, 6) is 0.691. The number of carbonyl (C=O) groups is 1. The van der Waals surface area contributed by atoms with Crippen molar-refractivity contribution in [2.24, 2.45) is 0 Å². The van der Waals surface area contributed by atoms with Crippen molar-refractivity contribution in [1.82, 2.24) is 14.9 Å². The van der Waals surface area contributed by atoms with Crippen LogP contribution in [0.2, 0.25) is 5.02 Å². The number of pyridine rings is 2. The SMILES string of the molecule is C/C=C/C(=O)Nc1cc2c(Nc3ccc(OCc4ccccn4)c(Cl)c3)c(C#N)cnc2cc1OCC.CN1CCCC1.Cc1ccc(C)cc1. The van der Waals surface area contributed by atoms with Gasteiger partial charge >= 0.3 is 0 Å². The fourth-order valence-corrected chi connectivity index (χ4v) is 5.36. The molecule has 2 aromatic heterocycles. The van der Waals surface area contributed by atoms with E-state index in [0.717, 1.165) is 5.69 Å². The van der Waals surface area contributed by atoms with Crippen LogP contribution in [0.1, 0.15) is 49.1 Å². The molecule has 0 aliphatic carbocycles. The molecule has 3 aromatic carbocycles. The van der Waals surface area contributed by atoms with Crippen molar-refractivity contribution >= 4 is 45.5 Å². The predicted molar refractivity (Wildman–Crippen MR) is 207 cm³/mol. The second kappa shape index (κ2) is 19.7. The van der Waals surface area contributed by atoms with E-state index >= 15 is 0 Å². The van der Waals surface area contributed by atoms with E-state index in [2.05, 4.69) is 76.7 Å². The smallest absolute Gasteiger partial charge is 0.248 e. The molecular formula is C41H45ClN6O3. The molecule has 5 aromatic rings. The molecule has 0 saturated carbocycles. The number of fused-ring (bicyclic) bond motifs is 1. The Labute approximate surface area is 305 Å². The van der Waals surface area contributed by atoms with Gasteiger partial charge in [0.05, 0.1) is 39.8 Å². The minimum Gasteiger partial charge on any atom is -0.492 e. The van der Waals surface area contributed by atoms with Crippen LogP contribution in [0.3, 0.4) is 0 Å². The molecule has 2 N–H and O–H groups in total. The molecular weight excluding hydrogens is 660 g/mol. The first kappa shape index (κ1) is 38.4. The molecule has 1 aliphatic heterocycles. The Morgan fingerprint density at radius 1 is 0.980 bits per heavy atom. The maximum atomic E-state index is 12.2. The Balaban J connectivity index is 0.000000343. The highest BCUT2D eigenvalue weighted by Crippen LogP contribution is 2.37. The molecule has 1 saturated heterocycles. The lowest BCUT2D eigenvalue weighted by molar-refractivity contribution is -0.111. The van der Waals surface area contributed by atoms with Crippen LogP contribution in [0.15, 0.2) is 97.3 Å². The number of anilines is 3. The van der Waals surface area contributed by atoms with Crippen LogP contribution in [0, 0.1) is 25.2 Å². The zero-order chi connectivity index (χ0) is 36.6. The van der Waals surface area contributed by atoms with E-state index in [1.165, 1.54) is 49.3 Å². The molecule has 0 bridgehead atoms. The first-order chi connectivity index (χ1) is 24.7. The summed E-state index contributed by atoms with van der Waals surface area (Å²) in [6.07, 6.45) is 9.08. The fraction of sp³-hybridized carbons (Fsp3) is 0.268. The van der Waals surface area contributed by atoms with Gasteiger partial charge in [0.15, 0.2) is 0 Å². The van der Waals surface area contributed by atoms with Crippen molar-refractivity contribution in [3.63, 3.8) is 0 Å². The van der Waals surface area contributed by atoms with Crippen LogP contribution in [-0.4, -0.2) is 47.5 Å². The highest BCUT2D eigenvalue weighted by molar-refractivity contribution is 6.32. The lowest BCUT2D eigenvalue weighted by atomic mass is 10.1. The third-order valence-electron chi connectivity index (χ3n) is 7.82. The number of carbonyl (C=O) groups excluding carboxylic acids is 1. The lowest BCUT2D eigenvalue weighted by Gasteiger charge is -2.16. The maximum Gasteiger partial charge on any atom is 0.248 e. The number of ether oxygens (including phenoxy) is 2. The van der Waals surface area contributed by atoms with Gasteiger partial charge in [-0.25, -0.2) is 0 Å². The van der Waals surface area contributed by atoms with Crippen LogP contribution >= 0.6 is 11.6 Å². The van der Waals surface area contributed by atoms with Gasteiger partial charge in [0, 0.05) is 29.5 Å². The summed E-state index contributed by atoms with van der Waals surface area (Å²) in [5.41, 5.74) is 6.00. The van der Waals surface area contributed by atoms with Gasteiger partial charge in [-0.1, -0.05) is 59.1 Å². The Morgan fingerprint density at radius 3 is 2.27 bits per heavy atom. The van der Waals surface area contributed by atoms with Crippen molar-refractivity contribution in [2.75, 3.05) is 37.4 Å². The lowest BCUT2D eigenvalue weighted by Crippen LogP contribution is -2.10. The molecule has 9 nitrogen and oxygen atoms in total. The molecule has 1 fully saturated rings. The summed E-state index contributed by atoms with van der Waals surface area (Å²) in [4.78, 5) is 23.3. The molecule has 51 heavy (non-hydrogen) atoms. The molecule has 0 atom stereocenters. The topological polar surface area (TPSA) is 112 Å². The number of aromatic nitrogens is 2. The molecule has 0 spiro atoms. The van der Waals surface area contributed by atoms with E-state index in [1.54, 1.807) is 49.5 Å². The van der Waals surface area contributed by atoms with Crippen molar-refractivity contribution < 1.29 is 14.3 Å². The second-order valence-electron chi connectivity index (χ2n) is 12.0. The molecule has 3 heterocycles. The Kier molecular flexibility index (Phi) is 14.8. The number of nitrogens with one attached hydrogen (secondary N) is 2. The van der Waals surface area contributed by atoms with Crippen LogP contribution < -0.4 is 20.1 Å². The van der Waals surface area contributed by atoms with E-state index in [-0.39, 0.29) is 12.5 Å². The molecule has 1 aliphatic rings.